The van der Waals surface area contributed by atoms with Crippen LogP contribution in [0.3, 0.4) is 0 Å². The number of benzene rings is 3. The maximum Gasteiger partial charge on any atom is 0.269 e. The number of para-hydroxylation sites is 2. The molecule has 3 rings (SSSR count). The van der Waals surface area contributed by atoms with Gasteiger partial charge in [-0.25, -0.2) is 8.42 Å². The molecule has 0 heterocycles. The summed E-state index contributed by atoms with van der Waals surface area (Å²) in [5.74, 6) is -0.881. The summed E-state index contributed by atoms with van der Waals surface area (Å²) >= 11 is 5.78. The Morgan fingerprint density at radius 3 is 2.16 bits per heavy atom. The summed E-state index contributed by atoms with van der Waals surface area (Å²) in [5.41, 5.74) is 5.11. The van der Waals surface area contributed by atoms with Gasteiger partial charge >= 0.3 is 0 Å². The molecule has 0 saturated carbocycles. The maximum atomic E-state index is 12.7. The zero-order chi connectivity index (χ0) is 22.4. The Kier molecular flexibility index (Phi) is 6.78. The van der Waals surface area contributed by atoms with Gasteiger partial charge in [0.15, 0.2) is 0 Å². The highest BCUT2D eigenvalue weighted by molar-refractivity contribution is 7.92. The van der Waals surface area contributed by atoms with E-state index in [4.69, 9.17) is 16.3 Å². The molecular formula is C21H18ClN3O5S. The summed E-state index contributed by atoms with van der Waals surface area (Å²) in [7, 11) is -2.56. The van der Waals surface area contributed by atoms with E-state index in [1.165, 1.54) is 43.5 Å². The fraction of sp³-hybridized carbons (Fsp3) is 0.0476. The Bertz CT molecular complexity index is 1210. The highest BCUT2D eigenvalue weighted by Gasteiger charge is 2.18. The van der Waals surface area contributed by atoms with Gasteiger partial charge in [-0.15, -0.1) is 0 Å². The molecule has 0 aliphatic rings. The van der Waals surface area contributed by atoms with Crippen LogP contribution in [0.1, 0.15) is 20.7 Å². The third kappa shape index (κ3) is 5.53. The number of carbonyl (C=O) groups excluding carboxylic acids is 2. The van der Waals surface area contributed by atoms with E-state index in [2.05, 4.69) is 15.6 Å². The second kappa shape index (κ2) is 9.50. The molecule has 0 radical (unpaired) electrons. The molecule has 0 aromatic heterocycles. The monoisotopic (exact) mass is 459 g/mol. The molecular weight excluding hydrogens is 442 g/mol. The van der Waals surface area contributed by atoms with Gasteiger partial charge in [0.25, 0.3) is 21.8 Å². The first-order chi connectivity index (χ1) is 14.8. The minimum atomic E-state index is -3.99. The molecule has 10 heteroatoms. The number of hydrazine groups is 1. The van der Waals surface area contributed by atoms with Gasteiger partial charge in [0.2, 0.25) is 0 Å². The van der Waals surface area contributed by atoms with E-state index < -0.39 is 21.8 Å². The van der Waals surface area contributed by atoms with Crippen LogP contribution in [0.25, 0.3) is 0 Å². The van der Waals surface area contributed by atoms with Crippen molar-refractivity contribution < 1.29 is 22.7 Å². The van der Waals surface area contributed by atoms with Gasteiger partial charge in [-0.1, -0.05) is 29.8 Å². The number of hydrogen-bond acceptors (Lipinski definition) is 5. The van der Waals surface area contributed by atoms with Crippen LogP contribution in [-0.2, 0) is 10.0 Å². The van der Waals surface area contributed by atoms with E-state index in [9.17, 15) is 18.0 Å². The van der Waals surface area contributed by atoms with Crippen molar-refractivity contribution in [3.63, 3.8) is 0 Å². The molecule has 3 N–H and O–H groups in total. The highest BCUT2D eigenvalue weighted by Crippen LogP contribution is 2.26. The summed E-state index contributed by atoms with van der Waals surface area (Å²) in [4.78, 5) is 24.4. The normalized spacial score (nSPS) is 10.8. The number of methoxy groups -OCH3 is 1. The lowest BCUT2D eigenvalue weighted by molar-refractivity contribution is 0.0846. The number of rotatable bonds is 6. The van der Waals surface area contributed by atoms with E-state index in [0.717, 1.165) is 0 Å². The first kappa shape index (κ1) is 22.1. The van der Waals surface area contributed by atoms with Gasteiger partial charge in [-0.05, 0) is 54.6 Å². The van der Waals surface area contributed by atoms with Crippen LogP contribution in [0.2, 0.25) is 5.02 Å². The topological polar surface area (TPSA) is 114 Å². The number of hydrogen-bond donors (Lipinski definition) is 3. The van der Waals surface area contributed by atoms with Gasteiger partial charge in [-0.3, -0.25) is 25.2 Å². The number of amides is 2. The molecule has 0 saturated heterocycles. The van der Waals surface area contributed by atoms with Gasteiger partial charge in [0.05, 0.1) is 17.7 Å². The largest absolute Gasteiger partial charge is 0.495 e. The Morgan fingerprint density at radius 2 is 1.48 bits per heavy atom. The molecule has 0 atom stereocenters. The fourth-order valence-electron chi connectivity index (χ4n) is 2.60. The van der Waals surface area contributed by atoms with E-state index in [1.807, 2.05) is 0 Å². The minimum Gasteiger partial charge on any atom is -0.495 e. The smallest absolute Gasteiger partial charge is 0.269 e. The van der Waals surface area contributed by atoms with Crippen molar-refractivity contribution in [3.05, 3.63) is 88.9 Å². The predicted octanol–water partition coefficient (Wildman–Crippen LogP) is 3.22. The average Bonchev–Trinajstić information content (AvgIpc) is 2.78. The number of halogens is 1. The zero-order valence-corrected chi connectivity index (χ0v) is 17.8. The van der Waals surface area contributed by atoms with Crippen molar-refractivity contribution in [2.24, 2.45) is 0 Å². The Balaban J connectivity index is 1.72. The van der Waals surface area contributed by atoms with Gasteiger partial charge < -0.3 is 4.74 Å². The SMILES string of the molecule is COc1ccccc1NS(=O)(=O)c1cccc(C(=O)NNC(=O)c2ccc(Cl)cc2)c1. The lowest BCUT2D eigenvalue weighted by Crippen LogP contribution is -2.41. The number of nitrogens with one attached hydrogen (secondary N) is 3. The molecule has 3 aromatic rings. The molecule has 0 fully saturated rings. The maximum absolute atomic E-state index is 12.7. The van der Waals surface area contributed by atoms with Crippen molar-refractivity contribution in [3.8, 4) is 5.75 Å². The quantitative estimate of drug-likeness (QED) is 0.490. The van der Waals surface area contributed by atoms with E-state index in [-0.39, 0.29) is 16.1 Å². The van der Waals surface area contributed by atoms with Crippen LogP contribution >= 0.6 is 11.6 Å². The van der Waals surface area contributed by atoms with Crippen molar-refractivity contribution >= 4 is 39.1 Å². The van der Waals surface area contributed by atoms with Crippen molar-refractivity contribution in [2.75, 3.05) is 11.8 Å². The number of carbonyl (C=O) groups is 2. The molecule has 0 aliphatic heterocycles. The van der Waals surface area contributed by atoms with Crippen molar-refractivity contribution in [1.82, 2.24) is 10.9 Å². The third-order valence-electron chi connectivity index (χ3n) is 4.15. The number of ether oxygens (including phenoxy) is 1. The molecule has 0 spiro atoms. The van der Waals surface area contributed by atoms with Crippen LogP contribution in [0.5, 0.6) is 5.75 Å². The summed E-state index contributed by atoms with van der Waals surface area (Å²) in [6, 6.07) is 18.0. The Labute approximate surface area is 184 Å². The standard InChI is InChI=1S/C21H18ClN3O5S/c1-30-19-8-3-2-7-18(19)25-31(28,29)17-6-4-5-15(13-17)21(27)24-23-20(26)14-9-11-16(22)12-10-14/h2-13,25H,1H3,(H,23,26)(H,24,27). The second-order valence-corrected chi connectivity index (χ2v) is 8.37. The molecule has 0 unspecified atom stereocenters. The van der Waals surface area contributed by atoms with Gasteiger partial charge in [0.1, 0.15) is 5.75 Å². The van der Waals surface area contributed by atoms with Crippen LogP contribution in [0, 0.1) is 0 Å². The van der Waals surface area contributed by atoms with Crippen LogP contribution in [0.15, 0.2) is 77.7 Å². The lowest BCUT2D eigenvalue weighted by atomic mass is 10.2. The molecule has 31 heavy (non-hydrogen) atoms. The number of anilines is 1. The fourth-order valence-corrected chi connectivity index (χ4v) is 3.84. The molecule has 8 nitrogen and oxygen atoms in total. The molecule has 3 aromatic carbocycles. The number of sulfonamides is 1. The van der Waals surface area contributed by atoms with Crippen LogP contribution in [0.4, 0.5) is 5.69 Å². The van der Waals surface area contributed by atoms with Gasteiger partial charge in [0, 0.05) is 16.1 Å². The molecule has 0 aliphatic carbocycles. The van der Waals surface area contributed by atoms with Crippen LogP contribution < -0.4 is 20.3 Å². The third-order valence-corrected chi connectivity index (χ3v) is 5.77. The Morgan fingerprint density at radius 1 is 0.839 bits per heavy atom. The summed E-state index contributed by atoms with van der Waals surface area (Å²) in [6.07, 6.45) is 0. The van der Waals surface area contributed by atoms with Gasteiger partial charge in [-0.2, -0.15) is 0 Å². The highest BCUT2D eigenvalue weighted by atomic mass is 35.5. The van der Waals surface area contributed by atoms with E-state index >= 15 is 0 Å². The minimum absolute atomic E-state index is 0.0410. The first-order valence-corrected chi connectivity index (χ1v) is 10.8. The Hall–Kier alpha value is -3.56. The predicted molar refractivity (Wildman–Crippen MR) is 117 cm³/mol. The van der Waals surface area contributed by atoms with Crippen LogP contribution in [-0.4, -0.2) is 27.3 Å². The summed E-state index contributed by atoms with van der Waals surface area (Å²) < 4.78 is 33.1. The van der Waals surface area contributed by atoms with E-state index in [1.54, 1.807) is 36.4 Å². The van der Waals surface area contributed by atoms with Crippen molar-refractivity contribution in [2.45, 2.75) is 4.90 Å². The van der Waals surface area contributed by atoms with Crippen molar-refractivity contribution in [1.29, 1.82) is 0 Å². The lowest BCUT2D eigenvalue weighted by Gasteiger charge is -2.12. The summed E-state index contributed by atoms with van der Waals surface area (Å²) in [5, 5.41) is 0.473. The van der Waals surface area contributed by atoms with E-state index in [0.29, 0.717) is 16.3 Å². The molecule has 0 bridgehead atoms. The second-order valence-electron chi connectivity index (χ2n) is 6.25. The first-order valence-electron chi connectivity index (χ1n) is 8.92. The molecule has 160 valence electrons. The average molecular weight is 460 g/mol. The molecule has 2 amide bonds. The summed E-state index contributed by atoms with van der Waals surface area (Å²) in [6.45, 7) is 0. The zero-order valence-electron chi connectivity index (χ0n) is 16.3.